The van der Waals surface area contributed by atoms with E-state index in [2.05, 4.69) is 15.1 Å². The van der Waals surface area contributed by atoms with Crippen molar-refractivity contribution in [1.82, 2.24) is 19.6 Å². The first-order chi connectivity index (χ1) is 10.4. The van der Waals surface area contributed by atoms with Gasteiger partial charge in [0.2, 0.25) is 0 Å². The van der Waals surface area contributed by atoms with Crippen molar-refractivity contribution >= 4 is 11.6 Å². The van der Waals surface area contributed by atoms with E-state index in [0.29, 0.717) is 29.4 Å². The van der Waals surface area contributed by atoms with Crippen molar-refractivity contribution in [2.45, 2.75) is 6.92 Å². The number of anilines is 1. The Morgan fingerprint density at radius 1 is 1.05 bits per heavy atom. The summed E-state index contributed by atoms with van der Waals surface area (Å²) in [5, 5.41) is 4.03. The Hall–Kier alpha value is -2.64. The quantitative estimate of drug-likeness (QED) is 0.730. The van der Waals surface area contributed by atoms with Crippen molar-refractivity contribution in [3.05, 3.63) is 41.6 Å². The molecule has 0 spiro atoms. The molecule has 0 N–H and O–H groups in total. The summed E-state index contributed by atoms with van der Waals surface area (Å²) in [5.74, 6) is -2.25. The number of halogens is 3. The van der Waals surface area contributed by atoms with Crippen molar-refractivity contribution in [2.24, 2.45) is 0 Å². The SMILES string of the molecule is Cc1nc2ncnn2c(N(C)C)c1-c1c(F)cc(F)cc1F. The van der Waals surface area contributed by atoms with Gasteiger partial charge in [-0.3, -0.25) is 0 Å². The van der Waals surface area contributed by atoms with E-state index in [1.165, 1.54) is 10.8 Å². The maximum absolute atomic E-state index is 14.2. The topological polar surface area (TPSA) is 46.3 Å². The normalized spacial score (nSPS) is 11.2. The van der Waals surface area contributed by atoms with Gasteiger partial charge in [0.1, 0.15) is 29.6 Å². The van der Waals surface area contributed by atoms with E-state index in [4.69, 9.17) is 0 Å². The number of aromatic nitrogens is 4. The lowest BCUT2D eigenvalue weighted by Crippen LogP contribution is -2.17. The average Bonchev–Trinajstić information content (AvgIpc) is 2.84. The van der Waals surface area contributed by atoms with Gasteiger partial charge in [-0.05, 0) is 6.92 Å². The molecule has 0 radical (unpaired) electrons. The molecule has 0 aliphatic heterocycles. The summed E-state index contributed by atoms with van der Waals surface area (Å²) in [6.07, 6.45) is 1.30. The van der Waals surface area contributed by atoms with Gasteiger partial charge >= 0.3 is 0 Å². The highest BCUT2D eigenvalue weighted by Crippen LogP contribution is 2.36. The fourth-order valence-corrected chi connectivity index (χ4v) is 2.42. The Bertz CT molecular complexity index is 849. The first-order valence-electron chi connectivity index (χ1n) is 6.42. The van der Waals surface area contributed by atoms with Gasteiger partial charge < -0.3 is 4.90 Å². The van der Waals surface area contributed by atoms with E-state index in [0.717, 1.165) is 0 Å². The second-order valence-corrected chi connectivity index (χ2v) is 5.01. The van der Waals surface area contributed by atoms with Crippen molar-refractivity contribution in [2.75, 3.05) is 19.0 Å². The summed E-state index contributed by atoms with van der Waals surface area (Å²) >= 11 is 0. The Kier molecular flexibility index (Phi) is 3.23. The molecule has 5 nitrogen and oxygen atoms in total. The molecule has 3 aromatic rings. The first kappa shape index (κ1) is 14.3. The van der Waals surface area contributed by atoms with Crippen molar-refractivity contribution < 1.29 is 13.2 Å². The van der Waals surface area contributed by atoms with Crippen LogP contribution in [-0.2, 0) is 0 Å². The predicted octanol–water partition coefficient (Wildman–Crippen LogP) is 2.58. The predicted molar refractivity (Wildman–Crippen MR) is 75.2 cm³/mol. The lowest BCUT2D eigenvalue weighted by molar-refractivity contribution is 0.547. The number of benzene rings is 1. The number of hydrogen-bond donors (Lipinski definition) is 0. The van der Waals surface area contributed by atoms with Crippen LogP contribution in [0.15, 0.2) is 18.5 Å². The zero-order chi connectivity index (χ0) is 16.0. The Morgan fingerprint density at radius 3 is 2.27 bits per heavy atom. The second kappa shape index (κ2) is 4.97. The van der Waals surface area contributed by atoms with Crippen LogP contribution in [0.3, 0.4) is 0 Å². The lowest BCUT2D eigenvalue weighted by atomic mass is 10.0. The largest absolute Gasteiger partial charge is 0.362 e. The summed E-state index contributed by atoms with van der Waals surface area (Å²) in [6.45, 7) is 1.61. The Labute approximate surface area is 124 Å². The average molecular weight is 307 g/mol. The van der Waals surface area contributed by atoms with Gasteiger partial charge in [-0.2, -0.15) is 14.6 Å². The third-order valence-electron chi connectivity index (χ3n) is 3.26. The van der Waals surface area contributed by atoms with Gasteiger partial charge in [0, 0.05) is 26.2 Å². The number of rotatable bonds is 2. The molecule has 2 aromatic heterocycles. The molecule has 0 saturated heterocycles. The molecule has 0 unspecified atom stereocenters. The maximum atomic E-state index is 14.2. The molecule has 0 fully saturated rings. The van der Waals surface area contributed by atoms with Crippen molar-refractivity contribution in [1.29, 1.82) is 0 Å². The van der Waals surface area contributed by atoms with Gasteiger partial charge in [-0.25, -0.2) is 18.2 Å². The van der Waals surface area contributed by atoms with Crippen LogP contribution >= 0.6 is 0 Å². The van der Waals surface area contributed by atoms with Crippen LogP contribution in [0, 0.1) is 24.4 Å². The van der Waals surface area contributed by atoms with Crippen LogP contribution in [-0.4, -0.2) is 33.7 Å². The van der Waals surface area contributed by atoms with Crippen LogP contribution in [0.1, 0.15) is 5.69 Å². The highest BCUT2D eigenvalue weighted by Gasteiger charge is 2.23. The van der Waals surface area contributed by atoms with E-state index in [9.17, 15) is 13.2 Å². The van der Waals surface area contributed by atoms with E-state index in [1.54, 1.807) is 25.9 Å². The molecule has 22 heavy (non-hydrogen) atoms. The highest BCUT2D eigenvalue weighted by molar-refractivity contribution is 5.80. The summed E-state index contributed by atoms with van der Waals surface area (Å²) in [5.41, 5.74) is 0.235. The minimum Gasteiger partial charge on any atom is -0.362 e. The zero-order valence-electron chi connectivity index (χ0n) is 12.1. The van der Waals surface area contributed by atoms with Crippen LogP contribution in [0.25, 0.3) is 16.9 Å². The molecule has 0 saturated carbocycles. The third kappa shape index (κ3) is 2.07. The second-order valence-electron chi connectivity index (χ2n) is 5.01. The number of aryl methyl sites for hydroxylation is 1. The van der Waals surface area contributed by atoms with Gasteiger partial charge in [0.15, 0.2) is 0 Å². The molecular weight excluding hydrogens is 295 g/mol. The molecule has 8 heteroatoms. The molecule has 0 aliphatic carbocycles. The molecule has 0 bridgehead atoms. The number of hydrogen-bond acceptors (Lipinski definition) is 4. The fraction of sp³-hybridized carbons (Fsp3) is 0.214. The van der Waals surface area contributed by atoms with E-state index < -0.39 is 17.5 Å². The Balaban J connectivity index is 2.45. The molecule has 3 rings (SSSR count). The summed E-state index contributed by atoms with van der Waals surface area (Å²) in [7, 11) is 3.41. The molecule has 1 aromatic carbocycles. The first-order valence-corrected chi connectivity index (χ1v) is 6.42. The van der Waals surface area contributed by atoms with Crippen LogP contribution in [0.2, 0.25) is 0 Å². The smallest absolute Gasteiger partial charge is 0.254 e. The summed E-state index contributed by atoms with van der Waals surface area (Å²) in [4.78, 5) is 9.82. The highest BCUT2D eigenvalue weighted by atomic mass is 19.1. The van der Waals surface area contributed by atoms with Crippen molar-refractivity contribution in [3.63, 3.8) is 0 Å². The van der Waals surface area contributed by atoms with Crippen LogP contribution in [0.5, 0.6) is 0 Å². The van der Waals surface area contributed by atoms with Gasteiger partial charge in [-0.15, -0.1) is 0 Å². The van der Waals surface area contributed by atoms with Gasteiger partial charge in [-0.1, -0.05) is 0 Å². The zero-order valence-corrected chi connectivity index (χ0v) is 12.1. The Morgan fingerprint density at radius 2 is 1.68 bits per heavy atom. The molecule has 114 valence electrons. The molecule has 0 atom stereocenters. The summed E-state index contributed by atoms with van der Waals surface area (Å²) < 4.78 is 42.9. The molecule has 0 aliphatic rings. The van der Waals surface area contributed by atoms with Crippen LogP contribution < -0.4 is 4.90 Å². The monoisotopic (exact) mass is 307 g/mol. The summed E-state index contributed by atoms with van der Waals surface area (Å²) in [6, 6.07) is 1.28. The number of fused-ring (bicyclic) bond motifs is 1. The van der Waals surface area contributed by atoms with Crippen molar-refractivity contribution in [3.8, 4) is 11.1 Å². The minimum absolute atomic E-state index is 0.206. The van der Waals surface area contributed by atoms with E-state index in [-0.39, 0.29) is 11.1 Å². The standard InChI is InChI=1S/C14H12F3N5/c1-7-11(12-9(16)4-8(15)5-10(12)17)13(21(2)3)22-14(20-7)18-6-19-22/h4-6H,1-3H3. The number of nitrogens with zero attached hydrogens (tertiary/aromatic N) is 5. The van der Waals surface area contributed by atoms with E-state index >= 15 is 0 Å². The van der Waals surface area contributed by atoms with Gasteiger partial charge in [0.05, 0.1) is 16.8 Å². The fourth-order valence-electron chi connectivity index (χ4n) is 2.42. The molecule has 2 heterocycles. The minimum atomic E-state index is -0.995. The van der Waals surface area contributed by atoms with Gasteiger partial charge in [0.25, 0.3) is 5.78 Å². The van der Waals surface area contributed by atoms with E-state index in [1.807, 2.05) is 0 Å². The molecular formula is C14H12F3N5. The lowest BCUT2D eigenvalue weighted by Gasteiger charge is -2.20. The molecule has 0 amide bonds. The van der Waals surface area contributed by atoms with Crippen LogP contribution in [0.4, 0.5) is 19.0 Å². The maximum Gasteiger partial charge on any atom is 0.254 e. The third-order valence-corrected chi connectivity index (χ3v) is 3.26.